The second-order valence-corrected chi connectivity index (χ2v) is 5.19. The zero-order valence-electron chi connectivity index (χ0n) is 12.0. The van der Waals surface area contributed by atoms with Gasteiger partial charge in [0.05, 0.1) is 18.8 Å². The predicted octanol–water partition coefficient (Wildman–Crippen LogP) is 1.97. The smallest absolute Gasteiger partial charge is 0.0700 e. The molecule has 2 heterocycles. The summed E-state index contributed by atoms with van der Waals surface area (Å²) in [5.41, 5.74) is 7.63. The van der Waals surface area contributed by atoms with Crippen molar-refractivity contribution < 1.29 is 4.74 Å². The van der Waals surface area contributed by atoms with Crippen LogP contribution in [-0.4, -0.2) is 41.7 Å². The molecule has 2 N–H and O–H groups in total. The van der Waals surface area contributed by atoms with Crippen molar-refractivity contribution in [2.45, 2.75) is 44.9 Å². The zero-order valence-corrected chi connectivity index (χ0v) is 12.0. The normalized spacial score (nSPS) is 24.1. The summed E-state index contributed by atoms with van der Waals surface area (Å²) in [5.74, 6) is 0. The van der Waals surface area contributed by atoms with Crippen LogP contribution in [0.5, 0.6) is 0 Å². The van der Waals surface area contributed by atoms with Crippen molar-refractivity contribution in [3.63, 3.8) is 0 Å². The number of ether oxygens (including phenoxy) is 1. The molecule has 0 saturated carbocycles. The van der Waals surface area contributed by atoms with E-state index in [0.717, 1.165) is 32.5 Å². The number of hydrogen-bond donors (Lipinski definition) is 1. The number of rotatable bonds is 5. The fraction of sp³-hybridized carbons (Fsp3) is 0.667. The first kappa shape index (κ1) is 14.4. The molecule has 3 atom stereocenters. The van der Waals surface area contributed by atoms with Crippen LogP contribution in [0.3, 0.4) is 0 Å². The lowest BCUT2D eigenvalue weighted by molar-refractivity contribution is -0.0486. The summed E-state index contributed by atoms with van der Waals surface area (Å²) in [7, 11) is 0. The standard InChI is InChI=1S/C15H25N3O/c1-3-13-11-18(9-10-19-13)15(14(16)4-2)12-5-7-17-8-6-12/h5-8,13-15H,3-4,9-11,16H2,1-2H3. The maximum Gasteiger partial charge on any atom is 0.0700 e. The first-order chi connectivity index (χ1) is 9.26. The van der Waals surface area contributed by atoms with Crippen molar-refractivity contribution in [3.05, 3.63) is 30.1 Å². The fourth-order valence-electron chi connectivity index (χ4n) is 2.75. The highest BCUT2D eigenvalue weighted by Gasteiger charge is 2.29. The summed E-state index contributed by atoms with van der Waals surface area (Å²) in [4.78, 5) is 6.58. The van der Waals surface area contributed by atoms with Gasteiger partial charge in [0.15, 0.2) is 0 Å². The van der Waals surface area contributed by atoms with Gasteiger partial charge in [0.2, 0.25) is 0 Å². The predicted molar refractivity (Wildman–Crippen MR) is 76.8 cm³/mol. The van der Waals surface area contributed by atoms with Crippen LogP contribution in [0.15, 0.2) is 24.5 Å². The zero-order chi connectivity index (χ0) is 13.7. The number of pyridine rings is 1. The van der Waals surface area contributed by atoms with Crippen molar-refractivity contribution in [1.82, 2.24) is 9.88 Å². The van der Waals surface area contributed by atoms with Crippen molar-refractivity contribution in [1.29, 1.82) is 0 Å². The highest BCUT2D eigenvalue weighted by molar-refractivity contribution is 5.17. The van der Waals surface area contributed by atoms with Crippen LogP contribution in [0.4, 0.5) is 0 Å². The van der Waals surface area contributed by atoms with E-state index in [4.69, 9.17) is 10.5 Å². The third-order valence-electron chi connectivity index (χ3n) is 3.94. The third kappa shape index (κ3) is 3.53. The molecule has 0 radical (unpaired) electrons. The highest BCUT2D eigenvalue weighted by atomic mass is 16.5. The molecule has 1 fully saturated rings. The molecule has 106 valence electrons. The number of nitrogens with zero attached hydrogens (tertiary/aromatic N) is 2. The summed E-state index contributed by atoms with van der Waals surface area (Å²) in [5, 5.41) is 0. The van der Waals surface area contributed by atoms with Gasteiger partial charge in [-0.15, -0.1) is 0 Å². The molecule has 0 spiro atoms. The van der Waals surface area contributed by atoms with E-state index in [0.29, 0.717) is 6.10 Å². The van der Waals surface area contributed by atoms with Gasteiger partial charge in [-0.05, 0) is 30.5 Å². The molecule has 0 bridgehead atoms. The summed E-state index contributed by atoms with van der Waals surface area (Å²) >= 11 is 0. The molecule has 19 heavy (non-hydrogen) atoms. The topological polar surface area (TPSA) is 51.4 Å². The van der Waals surface area contributed by atoms with Crippen LogP contribution in [0.2, 0.25) is 0 Å². The Morgan fingerprint density at radius 3 is 2.79 bits per heavy atom. The third-order valence-corrected chi connectivity index (χ3v) is 3.94. The molecule has 1 saturated heterocycles. The lowest BCUT2D eigenvalue weighted by atomic mass is 9.96. The van der Waals surface area contributed by atoms with Crippen LogP contribution in [-0.2, 0) is 4.74 Å². The van der Waals surface area contributed by atoms with Gasteiger partial charge >= 0.3 is 0 Å². The van der Waals surface area contributed by atoms with Crippen LogP contribution < -0.4 is 5.73 Å². The number of aromatic nitrogens is 1. The molecule has 0 aromatic carbocycles. The minimum absolute atomic E-state index is 0.151. The maximum absolute atomic E-state index is 6.36. The molecule has 1 aromatic heterocycles. The van der Waals surface area contributed by atoms with E-state index < -0.39 is 0 Å². The van der Waals surface area contributed by atoms with Crippen LogP contribution in [0.25, 0.3) is 0 Å². The molecule has 4 nitrogen and oxygen atoms in total. The Labute approximate surface area is 116 Å². The molecule has 1 aliphatic rings. The second-order valence-electron chi connectivity index (χ2n) is 5.19. The van der Waals surface area contributed by atoms with E-state index >= 15 is 0 Å². The first-order valence-electron chi connectivity index (χ1n) is 7.27. The highest BCUT2D eigenvalue weighted by Crippen LogP contribution is 2.27. The van der Waals surface area contributed by atoms with Gasteiger partial charge in [0.25, 0.3) is 0 Å². The van der Waals surface area contributed by atoms with E-state index in [1.165, 1.54) is 5.56 Å². The molecule has 3 unspecified atom stereocenters. The maximum atomic E-state index is 6.36. The van der Waals surface area contributed by atoms with Gasteiger partial charge < -0.3 is 10.5 Å². The largest absolute Gasteiger partial charge is 0.376 e. The van der Waals surface area contributed by atoms with Crippen molar-refractivity contribution in [3.8, 4) is 0 Å². The minimum atomic E-state index is 0.151. The second kappa shape index (κ2) is 6.98. The fourth-order valence-corrected chi connectivity index (χ4v) is 2.75. The number of nitrogens with two attached hydrogens (primary N) is 1. The van der Waals surface area contributed by atoms with Gasteiger partial charge in [-0.2, -0.15) is 0 Å². The molecular weight excluding hydrogens is 238 g/mol. The lowest BCUT2D eigenvalue weighted by Gasteiger charge is -2.40. The van der Waals surface area contributed by atoms with Crippen molar-refractivity contribution in [2.75, 3.05) is 19.7 Å². The van der Waals surface area contributed by atoms with E-state index in [1.807, 2.05) is 12.4 Å². The van der Waals surface area contributed by atoms with Crippen LogP contribution in [0.1, 0.15) is 38.3 Å². The lowest BCUT2D eigenvalue weighted by Crippen LogP contribution is -2.49. The quantitative estimate of drug-likeness (QED) is 0.882. The Kier molecular flexibility index (Phi) is 5.31. The Morgan fingerprint density at radius 1 is 1.42 bits per heavy atom. The number of morpholine rings is 1. The summed E-state index contributed by atoms with van der Waals surface area (Å²) < 4.78 is 5.76. The Balaban J connectivity index is 2.18. The van der Waals surface area contributed by atoms with E-state index in [1.54, 1.807) is 0 Å². The molecule has 1 aliphatic heterocycles. The monoisotopic (exact) mass is 263 g/mol. The molecule has 0 aliphatic carbocycles. The van der Waals surface area contributed by atoms with Crippen LogP contribution >= 0.6 is 0 Å². The minimum Gasteiger partial charge on any atom is -0.376 e. The molecule has 2 rings (SSSR count). The SMILES string of the molecule is CCC1CN(C(c2ccncc2)C(N)CC)CCO1. The summed E-state index contributed by atoms with van der Waals surface area (Å²) in [6, 6.07) is 4.58. The van der Waals surface area contributed by atoms with Gasteiger partial charge in [-0.1, -0.05) is 13.8 Å². The van der Waals surface area contributed by atoms with Gasteiger partial charge in [-0.25, -0.2) is 0 Å². The van der Waals surface area contributed by atoms with E-state index in [9.17, 15) is 0 Å². The first-order valence-corrected chi connectivity index (χ1v) is 7.27. The molecule has 0 amide bonds. The van der Waals surface area contributed by atoms with Crippen molar-refractivity contribution in [2.24, 2.45) is 5.73 Å². The van der Waals surface area contributed by atoms with Gasteiger partial charge in [0, 0.05) is 31.5 Å². The Hall–Kier alpha value is -0.970. The molecule has 1 aromatic rings. The van der Waals surface area contributed by atoms with E-state index in [-0.39, 0.29) is 12.1 Å². The summed E-state index contributed by atoms with van der Waals surface area (Å²) in [6.45, 7) is 7.05. The summed E-state index contributed by atoms with van der Waals surface area (Å²) in [6.07, 6.45) is 6.06. The molecule has 4 heteroatoms. The number of hydrogen-bond acceptors (Lipinski definition) is 4. The van der Waals surface area contributed by atoms with Crippen molar-refractivity contribution >= 4 is 0 Å². The van der Waals surface area contributed by atoms with Gasteiger partial charge in [-0.3, -0.25) is 9.88 Å². The Bertz CT molecular complexity index is 371. The molecular formula is C15H25N3O. The average molecular weight is 263 g/mol. The van der Waals surface area contributed by atoms with E-state index in [2.05, 4.69) is 35.9 Å². The Morgan fingerprint density at radius 2 is 2.16 bits per heavy atom. The average Bonchev–Trinajstić information content (AvgIpc) is 2.48. The van der Waals surface area contributed by atoms with Gasteiger partial charge in [0.1, 0.15) is 0 Å². The van der Waals surface area contributed by atoms with Crippen LogP contribution in [0, 0.1) is 0 Å².